The minimum absolute atomic E-state index is 1.17. The Hall–Kier alpha value is -0.170. The Balaban J connectivity index is 2.50. The van der Waals surface area contributed by atoms with Gasteiger partial charge in [0, 0.05) is 5.75 Å². The molecule has 0 nitrogen and oxygen atoms in total. The van der Waals surface area contributed by atoms with E-state index in [2.05, 4.69) is 25.2 Å². The van der Waals surface area contributed by atoms with E-state index in [-0.39, 0.29) is 0 Å². The lowest BCUT2D eigenvalue weighted by molar-refractivity contribution is 1.20. The van der Waals surface area contributed by atoms with Crippen LogP contribution in [-0.4, -0.2) is 5.75 Å². The van der Waals surface area contributed by atoms with Crippen LogP contribution < -0.4 is 0 Å². The molecule has 0 aliphatic carbocycles. The van der Waals surface area contributed by atoms with Crippen molar-refractivity contribution in [1.29, 1.82) is 0 Å². The zero-order valence-corrected chi connectivity index (χ0v) is 5.87. The quantitative estimate of drug-likeness (QED) is 0.520. The molecule has 1 heterocycles. The molecule has 0 fully saturated rings. The highest BCUT2D eigenvalue weighted by Gasteiger charge is 1.93. The fraction of sp³-hybridized carbons (Fsp3) is 0.429. The largest absolute Gasteiger partial charge is 0.126 e. The second-order valence-corrected chi connectivity index (χ2v) is 2.87. The van der Waals surface area contributed by atoms with E-state index < -0.39 is 0 Å². The van der Waals surface area contributed by atoms with E-state index >= 15 is 0 Å². The minimum atomic E-state index is 1.17. The van der Waals surface area contributed by atoms with Crippen LogP contribution in [0.3, 0.4) is 0 Å². The average molecular weight is 126 g/mol. The average Bonchev–Trinajstić information content (AvgIpc) is 1.90. The van der Waals surface area contributed by atoms with Gasteiger partial charge in [0.1, 0.15) is 0 Å². The molecule has 0 spiro atoms. The van der Waals surface area contributed by atoms with E-state index in [0.717, 1.165) is 0 Å². The summed E-state index contributed by atoms with van der Waals surface area (Å²) in [4.78, 5) is 1.51. The molecule has 0 saturated carbocycles. The fourth-order valence-corrected chi connectivity index (χ4v) is 1.45. The maximum absolute atomic E-state index is 2.19. The van der Waals surface area contributed by atoms with Crippen molar-refractivity contribution in [2.45, 2.75) is 13.3 Å². The van der Waals surface area contributed by atoms with E-state index in [0.29, 0.717) is 0 Å². The van der Waals surface area contributed by atoms with Gasteiger partial charge < -0.3 is 0 Å². The predicted octanol–water partition coefficient (Wildman–Crippen LogP) is 2.58. The number of hydrogen-bond acceptors (Lipinski definition) is 1. The maximum Gasteiger partial charge on any atom is 0.0160 e. The molecule has 44 valence electrons. The molecule has 0 bridgehead atoms. The molecule has 0 unspecified atom stereocenters. The molecule has 0 radical (unpaired) electrons. The van der Waals surface area contributed by atoms with Gasteiger partial charge in [0.05, 0.1) is 0 Å². The van der Waals surface area contributed by atoms with Crippen LogP contribution in [-0.2, 0) is 0 Å². The number of thioether (sulfide) groups is 1. The SMILES string of the molecule is CCC1=CC=CCS1. The van der Waals surface area contributed by atoms with Crippen LogP contribution in [0.15, 0.2) is 23.1 Å². The zero-order chi connectivity index (χ0) is 5.82. The lowest BCUT2D eigenvalue weighted by atomic mass is 10.4. The van der Waals surface area contributed by atoms with Crippen LogP contribution >= 0.6 is 11.8 Å². The summed E-state index contributed by atoms with van der Waals surface area (Å²) in [6.07, 6.45) is 7.70. The van der Waals surface area contributed by atoms with Crippen LogP contribution in [0.4, 0.5) is 0 Å². The van der Waals surface area contributed by atoms with Crippen molar-refractivity contribution >= 4 is 11.8 Å². The zero-order valence-electron chi connectivity index (χ0n) is 5.05. The van der Waals surface area contributed by atoms with Crippen LogP contribution in [0.2, 0.25) is 0 Å². The molecule has 0 atom stereocenters. The predicted molar refractivity (Wildman–Crippen MR) is 40.0 cm³/mol. The van der Waals surface area contributed by atoms with Crippen LogP contribution in [0.5, 0.6) is 0 Å². The van der Waals surface area contributed by atoms with Gasteiger partial charge >= 0.3 is 0 Å². The molecule has 1 aliphatic rings. The van der Waals surface area contributed by atoms with Crippen molar-refractivity contribution in [2.75, 3.05) is 5.75 Å². The van der Waals surface area contributed by atoms with Crippen molar-refractivity contribution in [3.8, 4) is 0 Å². The van der Waals surface area contributed by atoms with Gasteiger partial charge in [-0.25, -0.2) is 0 Å². The highest BCUT2D eigenvalue weighted by molar-refractivity contribution is 8.03. The number of hydrogen-bond donors (Lipinski definition) is 0. The van der Waals surface area contributed by atoms with Crippen molar-refractivity contribution in [1.82, 2.24) is 0 Å². The van der Waals surface area contributed by atoms with E-state index in [1.807, 2.05) is 11.8 Å². The van der Waals surface area contributed by atoms with Crippen molar-refractivity contribution in [3.05, 3.63) is 23.1 Å². The van der Waals surface area contributed by atoms with Gasteiger partial charge in [-0.1, -0.05) is 25.2 Å². The van der Waals surface area contributed by atoms with Gasteiger partial charge in [-0.05, 0) is 11.3 Å². The molecule has 0 amide bonds. The first kappa shape index (κ1) is 5.96. The third kappa shape index (κ3) is 1.41. The number of allylic oxidation sites excluding steroid dienone is 3. The first-order valence-corrected chi connectivity index (χ1v) is 3.90. The van der Waals surface area contributed by atoms with Crippen LogP contribution in [0.1, 0.15) is 13.3 Å². The monoisotopic (exact) mass is 126 g/mol. The Labute approximate surface area is 54.7 Å². The summed E-state index contributed by atoms with van der Waals surface area (Å²) >= 11 is 1.94. The maximum atomic E-state index is 2.19. The summed E-state index contributed by atoms with van der Waals surface area (Å²) in [7, 11) is 0. The van der Waals surface area contributed by atoms with Crippen LogP contribution in [0, 0.1) is 0 Å². The highest BCUT2D eigenvalue weighted by atomic mass is 32.2. The molecule has 0 aromatic heterocycles. The Kier molecular flexibility index (Phi) is 2.22. The molecular formula is C7H10S. The minimum Gasteiger partial charge on any atom is -0.126 e. The van der Waals surface area contributed by atoms with Gasteiger partial charge in [-0.2, -0.15) is 0 Å². The fourth-order valence-electron chi connectivity index (χ4n) is 0.654. The molecule has 1 aliphatic heterocycles. The summed E-state index contributed by atoms with van der Waals surface area (Å²) < 4.78 is 0. The van der Waals surface area contributed by atoms with Crippen molar-refractivity contribution in [2.24, 2.45) is 0 Å². The summed E-state index contributed by atoms with van der Waals surface area (Å²) in [5.41, 5.74) is 0. The Morgan fingerprint density at radius 1 is 1.75 bits per heavy atom. The molecule has 8 heavy (non-hydrogen) atoms. The van der Waals surface area contributed by atoms with Gasteiger partial charge in [0.25, 0.3) is 0 Å². The van der Waals surface area contributed by atoms with E-state index in [1.54, 1.807) is 0 Å². The molecule has 0 aromatic rings. The van der Waals surface area contributed by atoms with Gasteiger partial charge in [-0.3, -0.25) is 0 Å². The highest BCUT2D eigenvalue weighted by Crippen LogP contribution is 2.21. The molecule has 0 saturated heterocycles. The van der Waals surface area contributed by atoms with Crippen molar-refractivity contribution < 1.29 is 0 Å². The summed E-state index contributed by atoms with van der Waals surface area (Å²) in [6, 6.07) is 0. The lowest BCUT2D eigenvalue weighted by Gasteiger charge is -2.02. The van der Waals surface area contributed by atoms with E-state index in [4.69, 9.17) is 0 Å². The lowest BCUT2D eigenvalue weighted by Crippen LogP contribution is -1.80. The second-order valence-electron chi connectivity index (χ2n) is 1.73. The molecule has 1 heteroatoms. The topological polar surface area (TPSA) is 0 Å². The Morgan fingerprint density at radius 3 is 3.00 bits per heavy atom. The summed E-state index contributed by atoms with van der Waals surface area (Å²) in [5, 5.41) is 0. The normalized spacial score (nSPS) is 18.4. The standard InChI is InChI=1S/C7H10S/c1-2-7-5-3-4-6-8-7/h3-5H,2,6H2,1H3. The summed E-state index contributed by atoms with van der Waals surface area (Å²) in [5.74, 6) is 1.17. The first-order valence-electron chi connectivity index (χ1n) is 2.92. The van der Waals surface area contributed by atoms with E-state index in [1.165, 1.54) is 17.1 Å². The Bertz CT molecular complexity index is 122. The van der Waals surface area contributed by atoms with Gasteiger partial charge in [0.15, 0.2) is 0 Å². The molecule has 0 N–H and O–H groups in total. The van der Waals surface area contributed by atoms with Crippen molar-refractivity contribution in [3.63, 3.8) is 0 Å². The Morgan fingerprint density at radius 2 is 2.62 bits per heavy atom. The smallest absolute Gasteiger partial charge is 0.0160 e. The molecular weight excluding hydrogens is 116 g/mol. The van der Waals surface area contributed by atoms with Crippen LogP contribution in [0.25, 0.3) is 0 Å². The third-order valence-corrected chi connectivity index (χ3v) is 2.29. The second kappa shape index (κ2) is 2.98. The third-order valence-electron chi connectivity index (χ3n) is 1.13. The first-order chi connectivity index (χ1) is 3.93. The van der Waals surface area contributed by atoms with Gasteiger partial charge in [0.2, 0.25) is 0 Å². The van der Waals surface area contributed by atoms with Gasteiger partial charge in [-0.15, -0.1) is 11.8 Å². The molecule has 1 rings (SSSR count). The molecule has 0 aromatic carbocycles. The van der Waals surface area contributed by atoms with E-state index in [9.17, 15) is 0 Å². The summed E-state index contributed by atoms with van der Waals surface area (Å²) in [6.45, 7) is 2.19. The number of rotatable bonds is 1.